The van der Waals surface area contributed by atoms with Crippen LogP contribution in [0.1, 0.15) is 43.5 Å². The van der Waals surface area contributed by atoms with Gasteiger partial charge in [0, 0.05) is 30.7 Å². The maximum atomic E-state index is 14.6. The highest BCUT2D eigenvalue weighted by Crippen LogP contribution is 2.29. The van der Waals surface area contributed by atoms with Crippen molar-refractivity contribution in [3.05, 3.63) is 80.6 Å². The highest BCUT2D eigenvalue weighted by atomic mass is 19.4. The summed E-state index contributed by atoms with van der Waals surface area (Å²) < 4.78 is 77.8. The third-order valence-corrected chi connectivity index (χ3v) is 5.65. The highest BCUT2D eigenvalue weighted by Gasteiger charge is 2.36. The van der Waals surface area contributed by atoms with Crippen molar-refractivity contribution in [1.82, 2.24) is 24.7 Å². The number of aromatic amines is 1. The van der Waals surface area contributed by atoms with E-state index in [0.29, 0.717) is 11.9 Å². The van der Waals surface area contributed by atoms with Gasteiger partial charge >= 0.3 is 6.18 Å². The van der Waals surface area contributed by atoms with Crippen molar-refractivity contribution in [3.8, 4) is 11.4 Å². The van der Waals surface area contributed by atoms with Gasteiger partial charge in [-0.15, -0.1) is 0 Å². The molecule has 0 aliphatic rings. The van der Waals surface area contributed by atoms with Crippen LogP contribution in [0.2, 0.25) is 0 Å². The Morgan fingerprint density at radius 1 is 1.10 bits per heavy atom. The van der Waals surface area contributed by atoms with E-state index in [1.165, 1.54) is 12.1 Å². The van der Waals surface area contributed by atoms with Gasteiger partial charge in [0.25, 0.3) is 11.1 Å². The molecule has 1 unspecified atom stereocenters. The molecule has 1 aromatic carbocycles. The molecule has 0 bridgehead atoms. The first kappa shape index (κ1) is 29.3. The number of fused-ring (bicyclic) bond motifs is 1. The Kier molecular flexibility index (Phi) is 9.43. The average molecular weight is 554 g/mol. The number of aromatic nitrogens is 5. The molecule has 14 heteroatoms. The Morgan fingerprint density at radius 2 is 1.79 bits per heavy atom. The zero-order valence-electron chi connectivity index (χ0n) is 20.6. The number of rotatable bonds is 7. The molecule has 3 N–H and O–H groups in total. The standard InChI is InChI=1S/C20H20F3N3O.C5H4F3N3O/c1-2-3-4-6-26-7-5-13-8-16(17(22)9-15(13)20(26)27)19-24-11-14(12-25-19)18(23)10-21;6-5(7,8)3-2(9)1-10-11-4(3)12/h5,7-9,11-12,18H,2-4,6,10H2,1H3;1H,(H3,9,11,12). The van der Waals surface area contributed by atoms with Gasteiger partial charge in [0.1, 0.15) is 18.1 Å². The fourth-order valence-electron chi connectivity index (χ4n) is 3.62. The van der Waals surface area contributed by atoms with Gasteiger partial charge in [0.2, 0.25) is 0 Å². The fourth-order valence-corrected chi connectivity index (χ4v) is 3.62. The number of nitrogens with two attached hydrogens (primary N) is 1. The molecule has 0 radical (unpaired) electrons. The van der Waals surface area contributed by atoms with E-state index in [0.717, 1.165) is 37.9 Å². The van der Waals surface area contributed by atoms with Crippen molar-refractivity contribution in [2.75, 3.05) is 12.4 Å². The minimum absolute atomic E-state index is 0.00240. The number of hydrogen-bond acceptors (Lipinski definition) is 6. The maximum Gasteiger partial charge on any atom is 0.423 e. The lowest BCUT2D eigenvalue weighted by atomic mass is 10.1. The topological polar surface area (TPSA) is 120 Å². The Morgan fingerprint density at radius 3 is 2.36 bits per heavy atom. The van der Waals surface area contributed by atoms with Crippen LogP contribution in [0.5, 0.6) is 0 Å². The number of nitrogens with zero attached hydrogens (tertiary/aromatic N) is 4. The summed E-state index contributed by atoms with van der Waals surface area (Å²) in [6.45, 7) is 1.51. The molecule has 0 saturated heterocycles. The summed E-state index contributed by atoms with van der Waals surface area (Å²) in [6.07, 6.45) is 1.14. The molecule has 3 heterocycles. The smallest absolute Gasteiger partial charge is 0.397 e. The molecule has 4 aromatic rings. The van der Waals surface area contributed by atoms with Crippen LogP contribution >= 0.6 is 0 Å². The molecule has 0 saturated carbocycles. The first-order chi connectivity index (χ1) is 18.5. The number of anilines is 1. The average Bonchev–Trinajstić information content (AvgIpc) is 2.89. The van der Waals surface area contributed by atoms with Gasteiger partial charge in [0.05, 0.1) is 22.8 Å². The first-order valence-corrected chi connectivity index (χ1v) is 11.7. The summed E-state index contributed by atoms with van der Waals surface area (Å²) in [7, 11) is 0. The second-order valence-corrected chi connectivity index (χ2v) is 8.43. The van der Waals surface area contributed by atoms with Crippen LogP contribution in [0.3, 0.4) is 0 Å². The Bertz CT molecular complexity index is 1540. The number of hydrogen-bond donors (Lipinski definition) is 2. The number of alkyl halides is 5. The third kappa shape index (κ3) is 7.00. The van der Waals surface area contributed by atoms with Crippen LogP contribution in [0.25, 0.3) is 22.2 Å². The van der Waals surface area contributed by atoms with Gasteiger partial charge in [0.15, 0.2) is 12.0 Å². The third-order valence-electron chi connectivity index (χ3n) is 5.65. The number of unbranched alkanes of at least 4 members (excludes halogenated alkanes) is 2. The number of halogens is 6. The number of benzene rings is 1. The summed E-state index contributed by atoms with van der Waals surface area (Å²) in [5.41, 5.74) is 1.35. The SMILES string of the molecule is CCCCCn1ccc2cc(-c3ncc(C(F)CF)cn3)c(F)cc2c1=O.Nc1cn[nH]c(=O)c1C(F)(F)F. The van der Waals surface area contributed by atoms with Crippen molar-refractivity contribution in [2.45, 2.75) is 45.1 Å². The van der Waals surface area contributed by atoms with Gasteiger partial charge in [-0.25, -0.2) is 28.2 Å². The van der Waals surface area contributed by atoms with Crippen molar-refractivity contribution >= 4 is 16.5 Å². The molecule has 8 nitrogen and oxygen atoms in total. The molecule has 0 aliphatic carbocycles. The van der Waals surface area contributed by atoms with Crippen LogP contribution in [-0.4, -0.2) is 31.4 Å². The van der Waals surface area contributed by atoms with Crippen molar-refractivity contribution in [2.24, 2.45) is 0 Å². The van der Waals surface area contributed by atoms with Crippen LogP contribution < -0.4 is 16.9 Å². The number of nitrogens with one attached hydrogen (secondary N) is 1. The highest BCUT2D eigenvalue weighted by molar-refractivity contribution is 5.85. The second kappa shape index (κ2) is 12.5. The second-order valence-electron chi connectivity index (χ2n) is 8.43. The first-order valence-electron chi connectivity index (χ1n) is 11.7. The van der Waals surface area contributed by atoms with E-state index in [4.69, 9.17) is 5.73 Å². The minimum atomic E-state index is -4.74. The molecule has 0 fully saturated rings. The number of nitrogen functional groups attached to an aromatic ring is 1. The summed E-state index contributed by atoms with van der Waals surface area (Å²) >= 11 is 0. The number of aryl methyl sites for hydroxylation is 1. The lowest BCUT2D eigenvalue weighted by molar-refractivity contribution is -0.138. The van der Waals surface area contributed by atoms with E-state index < -0.39 is 41.6 Å². The minimum Gasteiger partial charge on any atom is -0.397 e. The van der Waals surface area contributed by atoms with Crippen molar-refractivity contribution in [1.29, 1.82) is 0 Å². The van der Waals surface area contributed by atoms with Crippen molar-refractivity contribution < 1.29 is 26.3 Å². The molecule has 4 rings (SSSR count). The molecular formula is C25H24F6N6O2. The molecule has 3 aromatic heterocycles. The Hall–Kier alpha value is -4.23. The van der Waals surface area contributed by atoms with Crippen LogP contribution in [0, 0.1) is 5.82 Å². The summed E-state index contributed by atoms with van der Waals surface area (Å²) in [4.78, 5) is 31.0. The summed E-state index contributed by atoms with van der Waals surface area (Å²) in [5.74, 6) is -0.586. The van der Waals surface area contributed by atoms with E-state index >= 15 is 0 Å². The Balaban J connectivity index is 0.000000293. The predicted molar refractivity (Wildman–Crippen MR) is 133 cm³/mol. The lowest BCUT2D eigenvalue weighted by Crippen LogP contribution is -2.24. The molecule has 1 atom stereocenters. The van der Waals surface area contributed by atoms with E-state index in [9.17, 15) is 35.9 Å². The monoisotopic (exact) mass is 554 g/mol. The summed E-state index contributed by atoms with van der Waals surface area (Å²) in [5, 5.41) is 5.59. The van der Waals surface area contributed by atoms with Gasteiger partial charge in [-0.3, -0.25) is 9.59 Å². The number of H-pyrrole nitrogens is 1. The van der Waals surface area contributed by atoms with E-state index in [1.807, 2.05) is 0 Å². The largest absolute Gasteiger partial charge is 0.423 e. The van der Waals surface area contributed by atoms with E-state index in [1.54, 1.807) is 21.9 Å². The predicted octanol–water partition coefficient (Wildman–Crippen LogP) is 5.14. The van der Waals surface area contributed by atoms with Gasteiger partial charge in [-0.05, 0) is 30.0 Å². The number of pyridine rings is 1. The molecule has 0 spiro atoms. The van der Waals surface area contributed by atoms with E-state index in [-0.39, 0.29) is 27.9 Å². The van der Waals surface area contributed by atoms with Crippen LogP contribution in [0.4, 0.5) is 32.0 Å². The van der Waals surface area contributed by atoms with Gasteiger partial charge in [-0.1, -0.05) is 19.8 Å². The Labute approximate surface area is 217 Å². The summed E-state index contributed by atoms with van der Waals surface area (Å²) in [6, 6.07) is 4.43. The zero-order valence-corrected chi connectivity index (χ0v) is 20.6. The van der Waals surface area contributed by atoms with Crippen LogP contribution in [-0.2, 0) is 12.7 Å². The molecular weight excluding hydrogens is 530 g/mol. The van der Waals surface area contributed by atoms with E-state index in [2.05, 4.69) is 22.0 Å². The zero-order chi connectivity index (χ0) is 28.7. The van der Waals surface area contributed by atoms with Gasteiger partial charge in [-0.2, -0.15) is 18.3 Å². The quantitative estimate of drug-likeness (QED) is 0.241. The molecule has 0 aliphatic heterocycles. The lowest BCUT2D eigenvalue weighted by Gasteiger charge is -2.09. The normalized spacial score (nSPS) is 12.2. The molecule has 39 heavy (non-hydrogen) atoms. The maximum absolute atomic E-state index is 14.6. The van der Waals surface area contributed by atoms with Gasteiger partial charge < -0.3 is 10.3 Å². The van der Waals surface area contributed by atoms with Crippen molar-refractivity contribution in [3.63, 3.8) is 0 Å². The fraction of sp³-hybridized carbons (Fsp3) is 0.320. The van der Waals surface area contributed by atoms with Crippen LogP contribution in [0.15, 0.2) is 52.6 Å². The molecule has 0 amide bonds. The molecule has 208 valence electrons.